The van der Waals surface area contributed by atoms with E-state index in [2.05, 4.69) is 10.3 Å². The lowest BCUT2D eigenvalue weighted by Crippen LogP contribution is -2.15. The van der Waals surface area contributed by atoms with Gasteiger partial charge in [0.1, 0.15) is 0 Å². The molecule has 18 heavy (non-hydrogen) atoms. The third-order valence-corrected chi connectivity index (χ3v) is 2.92. The molecule has 4 heteroatoms. The van der Waals surface area contributed by atoms with E-state index >= 15 is 0 Å². The first-order chi connectivity index (χ1) is 8.59. The number of aryl methyl sites for hydroxylation is 1. The second-order valence-electron chi connectivity index (χ2n) is 4.14. The highest BCUT2D eigenvalue weighted by atomic mass is 16.1. The lowest BCUT2D eigenvalue weighted by Gasteiger charge is -2.10. The van der Waals surface area contributed by atoms with Crippen LogP contribution in [-0.2, 0) is 0 Å². The summed E-state index contributed by atoms with van der Waals surface area (Å²) < 4.78 is 0. The Labute approximate surface area is 106 Å². The molecule has 2 aromatic rings. The van der Waals surface area contributed by atoms with Gasteiger partial charge in [-0.1, -0.05) is 12.1 Å². The summed E-state index contributed by atoms with van der Waals surface area (Å²) in [4.78, 5) is 16.2. The third kappa shape index (κ3) is 2.32. The fraction of sp³-hybridized carbons (Fsp3) is 0.143. The summed E-state index contributed by atoms with van der Waals surface area (Å²) in [6.07, 6.45) is 1.59. The Balaban J connectivity index is 2.28. The fourth-order valence-corrected chi connectivity index (χ4v) is 1.69. The molecule has 0 bridgehead atoms. The maximum Gasteiger partial charge on any atom is 0.257 e. The summed E-state index contributed by atoms with van der Waals surface area (Å²) in [6, 6.07) is 9.05. The topological polar surface area (TPSA) is 68.0 Å². The predicted molar refractivity (Wildman–Crippen MR) is 72.5 cm³/mol. The molecule has 92 valence electrons. The zero-order chi connectivity index (χ0) is 13.1. The molecule has 0 saturated heterocycles. The van der Waals surface area contributed by atoms with Crippen molar-refractivity contribution >= 4 is 17.4 Å². The van der Waals surface area contributed by atoms with Crippen molar-refractivity contribution in [2.75, 3.05) is 11.1 Å². The first-order valence-electron chi connectivity index (χ1n) is 5.67. The first-order valence-corrected chi connectivity index (χ1v) is 5.67. The average molecular weight is 241 g/mol. The normalized spacial score (nSPS) is 10.1. The monoisotopic (exact) mass is 241 g/mol. The van der Waals surface area contributed by atoms with Crippen molar-refractivity contribution in [3.63, 3.8) is 0 Å². The van der Waals surface area contributed by atoms with Crippen molar-refractivity contribution in [3.8, 4) is 0 Å². The van der Waals surface area contributed by atoms with Crippen LogP contribution in [0.5, 0.6) is 0 Å². The molecule has 3 N–H and O–H groups in total. The molecule has 4 nitrogen and oxygen atoms in total. The third-order valence-electron chi connectivity index (χ3n) is 2.92. The van der Waals surface area contributed by atoms with Crippen LogP contribution in [-0.4, -0.2) is 10.9 Å². The van der Waals surface area contributed by atoms with Crippen LogP contribution < -0.4 is 11.1 Å². The summed E-state index contributed by atoms with van der Waals surface area (Å²) in [5.74, 6) is 0.199. The number of carbonyl (C=O) groups is 1. The van der Waals surface area contributed by atoms with E-state index in [1.807, 2.05) is 26.0 Å². The number of nitrogens with one attached hydrogen (secondary N) is 1. The molecule has 0 fully saturated rings. The lowest BCUT2D eigenvalue weighted by atomic mass is 10.0. The van der Waals surface area contributed by atoms with Crippen LogP contribution >= 0.6 is 0 Å². The Morgan fingerprint density at radius 2 is 2.00 bits per heavy atom. The predicted octanol–water partition coefficient (Wildman–Crippen LogP) is 2.53. The van der Waals surface area contributed by atoms with Gasteiger partial charge in [-0.05, 0) is 43.2 Å². The van der Waals surface area contributed by atoms with E-state index in [1.54, 1.807) is 24.4 Å². The van der Waals surface area contributed by atoms with Gasteiger partial charge in [0.15, 0.2) is 5.82 Å². The second kappa shape index (κ2) is 4.87. The summed E-state index contributed by atoms with van der Waals surface area (Å²) in [6.45, 7) is 3.90. The van der Waals surface area contributed by atoms with Crippen LogP contribution in [0, 0.1) is 13.8 Å². The van der Waals surface area contributed by atoms with Crippen molar-refractivity contribution in [1.82, 2.24) is 4.98 Å². The van der Waals surface area contributed by atoms with Gasteiger partial charge in [0.25, 0.3) is 5.91 Å². The highest BCUT2D eigenvalue weighted by Gasteiger charge is 2.11. The quantitative estimate of drug-likeness (QED) is 0.849. The van der Waals surface area contributed by atoms with Crippen LogP contribution in [0.2, 0.25) is 0 Å². The number of carbonyl (C=O) groups excluding carboxylic acids is 1. The summed E-state index contributed by atoms with van der Waals surface area (Å²) in [7, 11) is 0. The molecule has 1 aromatic carbocycles. The zero-order valence-electron chi connectivity index (χ0n) is 10.4. The van der Waals surface area contributed by atoms with Gasteiger partial charge in [-0.2, -0.15) is 0 Å². The van der Waals surface area contributed by atoms with Crippen molar-refractivity contribution in [1.29, 1.82) is 0 Å². The van der Waals surface area contributed by atoms with Gasteiger partial charge < -0.3 is 11.1 Å². The van der Waals surface area contributed by atoms with Crippen molar-refractivity contribution < 1.29 is 4.79 Å². The average Bonchev–Trinajstić information content (AvgIpc) is 2.35. The number of amides is 1. The SMILES string of the molecule is Cc1cccc(C(=O)Nc2ncccc2N)c1C. The van der Waals surface area contributed by atoms with Gasteiger partial charge in [-0.25, -0.2) is 4.98 Å². The molecule has 0 aliphatic carbocycles. The Bertz CT molecular complexity index is 593. The fourth-order valence-electron chi connectivity index (χ4n) is 1.69. The van der Waals surface area contributed by atoms with Crippen LogP contribution in [0.1, 0.15) is 21.5 Å². The number of aromatic nitrogens is 1. The van der Waals surface area contributed by atoms with E-state index in [9.17, 15) is 4.79 Å². The molecule has 0 aliphatic heterocycles. The number of pyridine rings is 1. The number of nitrogens with zero attached hydrogens (tertiary/aromatic N) is 1. The molecule has 0 atom stereocenters. The maximum absolute atomic E-state index is 12.1. The molecule has 0 spiro atoms. The number of nitrogen functional groups attached to an aromatic ring is 1. The van der Waals surface area contributed by atoms with Crippen LogP contribution in [0.3, 0.4) is 0 Å². The number of nitrogens with two attached hydrogens (primary N) is 1. The van der Waals surface area contributed by atoms with Crippen LogP contribution in [0.25, 0.3) is 0 Å². The molecular formula is C14H15N3O. The Hall–Kier alpha value is -2.36. The molecule has 1 amide bonds. The lowest BCUT2D eigenvalue weighted by molar-refractivity contribution is 0.102. The van der Waals surface area contributed by atoms with Crippen molar-refractivity contribution in [3.05, 3.63) is 53.2 Å². The molecular weight excluding hydrogens is 226 g/mol. The van der Waals surface area contributed by atoms with Gasteiger partial charge in [-0.15, -0.1) is 0 Å². The van der Waals surface area contributed by atoms with E-state index in [4.69, 9.17) is 5.73 Å². The van der Waals surface area contributed by atoms with Gasteiger partial charge in [0.05, 0.1) is 5.69 Å². The number of hydrogen-bond donors (Lipinski definition) is 2. The highest BCUT2D eigenvalue weighted by molar-refractivity contribution is 6.06. The van der Waals surface area contributed by atoms with E-state index in [1.165, 1.54) is 0 Å². The molecule has 1 heterocycles. The van der Waals surface area contributed by atoms with Gasteiger partial charge >= 0.3 is 0 Å². The molecule has 2 rings (SSSR count). The van der Waals surface area contributed by atoms with Crippen LogP contribution in [0.15, 0.2) is 36.5 Å². The second-order valence-corrected chi connectivity index (χ2v) is 4.14. The Morgan fingerprint density at radius 3 is 2.72 bits per heavy atom. The number of benzene rings is 1. The highest BCUT2D eigenvalue weighted by Crippen LogP contribution is 2.17. The largest absolute Gasteiger partial charge is 0.396 e. The van der Waals surface area contributed by atoms with Crippen LogP contribution in [0.4, 0.5) is 11.5 Å². The van der Waals surface area contributed by atoms with E-state index in [0.717, 1.165) is 11.1 Å². The summed E-state index contributed by atoms with van der Waals surface area (Å²) in [5, 5.41) is 2.72. The molecule has 0 radical (unpaired) electrons. The van der Waals surface area contributed by atoms with Gasteiger partial charge in [0, 0.05) is 11.8 Å². The summed E-state index contributed by atoms with van der Waals surface area (Å²) in [5.41, 5.74) is 8.87. The molecule has 0 aliphatic rings. The summed E-state index contributed by atoms with van der Waals surface area (Å²) >= 11 is 0. The first kappa shape index (κ1) is 12.1. The molecule has 0 saturated carbocycles. The number of rotatable bonds is 2. The minimum Gasteiger partial charge on any atom is -0.396 e. The van der Waals surface area contributed by atoms with Gasteiger partial charge in [-0.3, -0.25) is 4.79 Å². The Morgan fingerprint density at radius 1 is 1.22 bits per heavy atom. The maximum atomic E-state index is 12.1. The van der Waals surface area contributed by atoms with Crippen molar-refractivity contribution in [2.24, 2.45) is 0 Å². The standard InChI is InChI=1S/C14H15N3O/c1-9-5-3-6-11(10(9)2)14(18)17-13-12(15)7-4-8-16-13/h3-8H,15H2,1-2H3,(H,16,17,18). The smallest absolute Gasteiger partial charge is 0.257 e. The van der Waals surface area contributed by atoms with Crippen molar-refractivity contribution in [2.45, 2.75) is 13.8 Å². The number of anilines is 2. The Kier molecular flexibility index (Phi) is 3.28. The molecule has 1 aromatic heterocycles. The van der Waals surface area contributed by atoms with E-state index in [0.29, 0.717) is 17.1 Å². The number of hydrogen-bond acceptors (Lipinski definition) is 3. The van der Waals surface area contributed by atoms with Gasteiger partial charge in [0.2, 0.25) is 0 Å². The van der Waals surface area contributed by atoms with E-state index < -0.39 is 0 Å². The minimum atomic E-state index is -0.193. The minimum absolute atomic E-state index is 0.193. The zero-order valence-corrected chi connectivity index (χ0v) is 10.4. The van der Waals surface area contributed by atoms with E-state index in [-0.39, 0.29) is 5.91 Å². The molecule has 0 unspecified atom stereocenters.